The first kappa shape index (κ1) is 73.3. The van der Waals surface area contributed by atoms with Crippen molar-refractivity contribution in [3.8, 4) is 0 Å². The molecule has 3 N–H and O–H groups in total. The first-order valence-corrected chi connectivity index (χ1v) is 34.1. The van der Waals surface area contributed by atoms with Gasteiger partial charge >= 0.3 is 5.97 Å². The van der Waals surface area contributed by atoms with Crippen LogP contribution in [0.15, 0.2) is 24.3 Å². The number of allylic oxidation sites excluding steroid dienone is 3. The summed E-state index contributed by atoms with van der Waals surface area (Å²) >= 11 is 0. The zero-order valence-corrected chi connectivity index (χ0v) is 50.8. The fourth-order valence-corrected chi connectivity index (χ4v) is 10.7. The molecule has 0 fully saturated rings. The van der Waals surface area contributed by atoms with E-state index in [-0.39, 0.29) is 18.5 Å². The highest BCUT2D eigenvalue weighted by molar-refractivity contribution is 5.76. The normalized spacial score (nSPS) is 12.6. The number of unbranched alkanes of at least 4 members (excludes halogenated alkanes) is 51. The van der Waals surface area contributed by atoms with Crippen molar-refractivity contribution in [2.75, 3.05) is 13.2 Å². The maximum absolute atomic E-state index is 12.5. The smallest absolute Gasteiger partial charge is 0.305 e. The fraction of sp³-hybridized carbons (Fsp3) is 0.913. The minimum Gasteiger partial charge on any atom is -0.466 e. The van der Waals surface area contributed by atoms with Gasteiger partial charge < -0.3 is 20.3 Å². The monoisotopic (exact) mass is 1060 g/mol. The second kappa shape index (κ2) is 64.9. The van der Waals surface area contributed by atoms with Crippen LogP contribution >= 0.6 is 0 Å². The molecule has 1 amide bonds. The Hall–Kier alpha value is -1.66. The van der Waals surface area contributed by atoms with E-state index in [9.17, 15) is 19.8 Å². The average molecular weight is 1060 g/mol. The number of aliphatic hydroxyl groups is 2. The summed E-state index contributed by atoms with van der Waals surface area (Å²) < 4.78 is 5.50. The van der Waals surface area contributed by atoms with E-state index in [0.717, 1.165) is 44.9 Å². The van der Waals surface area contributed by atoms with Gasteiger partial charge in [0.2, 0.25) is 5.91 Å². The van der Waals surface area contributed by atoms with Gasteiger partial charge in [0.25, 0.3) is 0 Å². The summed E-state index contributed by atoms with van der Waals surface area (Å²) in [6.07, 6.45) is 81.0. The Bertz CT molecular complexity index is 1170. The molecule has 6 nitrogen and oxygen atoms in total. The van der Waals surface area contributed by atoms with E-state index in [2.05, 4.69) is 31.3 Å². The molecule has 0 aromatic rings. The van der Waals surface area contributed by atoms with Crippen LogP contribution in [0.5, 0.6) is 0 Å². The number of carbonyl (C=O) groups is 2. The summed E-state index contributed by atoms with van der Waals surface area (Å²) in [7, 11) is 0. The SMILES string of the molecule is CCCCCCCC/C=C\CCCCCCCCCC(=O)OCCCCCCCCCCCCCCCCCCCCCCCCCC(=O)NC(CO)C(O)/C=C/CCCCCCCCCCCCCCCCCC. The van der Waals surface area contributed by atoms with E-state index in [4.69, 9.17) is 4.74 Å². The Labute approximate surface area is 469 Å². The molecule has 0 aromatic heterocycles. The van der Waals surface area contributed by atoms with Gasteiger partial charge in [-0.1, -0.05) is 334 Å². The van der Waals surface area contributed by atoms with E-state index < -0.39 is 12.1 Å². The molecule has 2 unspecified atom stereocenters. The summed E-state index contributed by atoms with van der Waals surface area (Å²) in [5.41, 5.74) is 0. The highest BCUT2D eigenvalue weighted by Gasteiger charge is 2.18. The Morgan fingerprint density at radius 3 is 0.947 bits per heavy atom. The first-order valence-electron chi connectivity index (χ1n) is 34.1. The zero-order chi connectivity index (χ0) is 54.3. The third kappa shape index (κ3) is 61.4. The molecule has 0 aliphatic heterocycles. The molecule has 0 bridgehead atoms. The lowest BCUT2D eigenvalue weighted by atomic mass is 10.0. The van der Waals surface area contributed by atoms with Gasteiger partial charge in [-0.25, -0.2) is 0 Å². The van der Waals surface area contributed by atoms with Crippen LogP contribution in [-0.4, -0.2) is 47.4 Å². The lowest BCUT2D eigenvalue weighted by Crippen LogP contribution is -2.45. The summed E-state index contributed by atoms with van der Waals surface area (Å²) in [4.78, 5) is 24.6. The molecule has 0 saturated heterocycles. The molecular weight excluding hydrogens is 923 g/mol. The largest absolute Gasteiger partial charge is 0.466 e. The number of hydrogen-bond acceptors (Lipinski definition) is 5. The fourth-order valence-electron chi connectivity index (χ4n) is 10.7. The van der Waals surface area contributed by atoms with Crippen LogP contribution in [0.4, 0.5) is 0 Å². The van der Waals surface area contributed by atoms with Crippen LogP contribution in [-0.2, 0) is 14.3 Å². The molecule has 2 atom stereocenters. The molecule has 0 aliphatic rings. The molecule has 444 valence electrons. The number of hydrogen-bond donors (Lipinski definition) is 3. The standard InChI is InChI=1S/C69H133NO5/c1-3-5-7-9-11-13-15-17-19-21-30-33-37-41-45-49-53-57-61-67(72)66(65-71)70-68(73)62-58-54-50-46-42-38-34-31-27-25-23-22-24-26-28-32-36-40-44-48-52-56-60-64-75-69(74)63-59-55-51-47-43-39-35-29-20-18-16-14-12-10-8-6-4-2/h18,20,57,61,66-67,71-72H,3-17,19,21-56,58-60,62-65H2,1-2H3,(H,70,73)/b20-18-,61-57+. The molecule has 75 heavy (non-hydrogen) atoms. The number of carbonyl (C=O) groups excluding carboxylic acids is 2. The highest BCUT2D eigenvalue weighted by Crippen LogP contribution is 2.18. The molecule has 0 aromatic carbocycles. The van der Waals surface area contributed by atoms with Crippen molar-refractivity contribution < 1.29 is 24.5 Å². The van der Waals surface area contributed by atoms with Crippen LogP contribution in [0, 0.1) is 0 Å². The lowest BCUT2D eigenvalue weighted by Gasteiger charge is -2.20. The molecule has 6 heteroatoms. The van der Waals surface area contributed by atoms with Crippen LogP contribution in [0.1, 0.15) is 380 Å². The third-order valence-corrected chi connectivity index (χ3v) is 16.0. The number of ether oxygens (including phenoxy) is 1. The van der Waals surface area contributed by atoms with Gasteiger partial charge in [-0.15, -0.1) is 0 Å². The lowest BCUT2D eigenvalue weighted by molar-refractivity contribution is -0.143. The molecule has 0 heterocycles. The van der Waals surface area contributed by atoms with Crippen LogP contribution < -0.4 is 5.32 Å². The summed E-state index contributed by atoms with van der Waals surface area (Å²) in [5, 5.41) is 23.2. The van der Waals surface area contributed by atoms with Crippen LogP contribution in [0.2, 0.25) is 0 Å². The first-order chi connectivity index (χ1) is 37.0. The van der Waals surface area contributed by atoms with Gasteiger partial charge in [0.15, 0.2) is 0 Å². The third-order valence-electron chi connectivity index (χ3n) is 16.0. The second-order valence-corrected chi connectivity index (χ2v) is 23.5. The van der Waals surface area contributed by atoms with E-state index in [1.165, 1.54) is 308 Å². The van der Waals surface area contributed by atoms with Crippen molar-refractivity contribution in [1.82, 2.24) is 5.32 Å². The van der Waals surface area contributed by atoms with Crippen molar-refractivity contribution in [2.45, 2.75) is 392 Å². The van der Waals surface area contributed by atoms with Crippen molar-refractivity contribution >= 4 is 11.9 Å². The summed E-state index contributed by atoms with van der Waals surface area (Å²) in [6, 6.07) is -0.628. The van der Waals surface area contributed by atoms with Crippen molar-refractivity contribution in [3.05, 3.63) is 24.3 Å². The van der Waals surface area contributed by atoms with Gasteiger partial charge in [0.1, 0.15) is 0 Å². The quantitative estimate of drug-likeness (QED) is 0.0320. The van der Waals surface area contributed by atoms with Gasteiger partial charge in [-0.2, -0.15) is 0 Å². The van der Waals surface area contributed by atoms with Crippen LogP contribution in [0.3, 0.4) is 0 Å². The minimum atomic E-state index is -0.844. The van der Waals surface area contributed by atoms with Crippen molar-refractivity contribution in [3.63, 3.8) is 0 Å². The molecule has 0 aliphatic carbocycles. The predicted molar refractivity (Wildman–Crippen MR) is 329 cm³/mol. The predicted octanol–water partition coefficient (Wildman–Crippen LogP) is 21.8. The number of aliphatic hydroxyl groups excluding tert-OH is 2. The van der Waals surface area contributed by atoms with Gasteiger partial charge in [-0.05, 0) is 57.8 Å². The van der Waals surface area contributed by atoms with E-state index in [1.54, 1.807) is 6.08 Å². The van der Waals surface area contributed by atoms with E-state index in [1.807, 2.05) is 6.08 Å². The Kier molecular flexibility index (Phi) is 63.4. The maximum Gasteiger partial charge on any atom is 0.305 e. The Morgan fingerprint density at radius 1 is 0.360 bits per heavy atom. The Balaban J connectivity index is 3.39. The molecule has 0 spiro atoms. The topological polar surface area (TPSA) is 95.9 Å². The second-order valence-electron chi connectivity index (χ2n) is 23.5. The van der Waals surface area contributed by atoms with E-state index >= 15 is 0 Å². The van der Waals surface area contributed by atoms with Crippen molar-refractivity contribution in [1.29, 1.82) is 0 Å². The maximum atomic E-state index is 12.5. The van der Waals surface area contributed by atoms with Crippen molar-refractivity contribution in [2.24, 2.45) is 0 Å². The summed E-state index contributed by atoms with van der Waals surface area (Å²) in [6.45, 7) is 4.93. The number of esters is 1. The number of nitrogens with one attached hydrogen (secondary N) is 1. The van der Waals surface area contributed by atoms with Gasteiger partial charge in [0, 0.05) is 12.8 Å². The minimum absolute atomic E-state index is 0.0113. The zero-order valence-electron chi connectivity index (χ0n) is 50.8. The van der Waals surface area contributed by atoms with Gasteiger partial charge in [-0.3, -0.25) is 9.59 Å². The molecular formula is C69H133NO5. The molecule has 0 saturated carbocycles. The number of amides is 1. The van der Waals surface area contributed by atoms with E-state index in [0.29, 0.717) is 19.4 Å². The van der Waals surface area contributed by atoms with Gasteiger partial charge in [0.05, 0.1) is 25.4 Å². The number of rotatable bonds is 64. The molecule has 0 rings (SSSR count). The Morgan fingerprint density at radius 2 is 0.627 bits per heavy atom. The molecule has 0 radical (unpaired) electrons. The highest BCUT2D eigenvalue weighted by atomic mass is 16.5. The van der Waals surface area contributed by atoms with Crippen LogP contribution in [0.25, 0.3) is 0 Å². The average Bonchev–Trinajstić information content (AvgIpc) is 3.41. The summed E-state index contributed by atoms with van der Waals surface area (Å²) in [5.74, 6) is -0.0530.